The van der Waals surface area contributed by atoms with E-state index in [-0.39, 0.29) is 18.2 Å². The third kappa shape index (κ3) is 5.55. The molecule has 226 valence electrons. The van der Waals surface area contributed by atoms with Crippen LogP contribution in [0.25, 0.3) is 22.3 Å². The zero-order valence-corrected chi connectivity index (χ0v) is 25.8. The number of ether oxygens (including phenoxy) is 2. The monoisotopic (exact) mass is 612 g/mol. The van der Waals surface area contributed by atoms with E-state index in [4.69, 9.17) is 31.0 Å². The number of rotatable bonds is 8. The van der Waals surface area contributed by atoms with Crippen LogP contribution in [0, 0.1) is 13.8 Å². The van der Waals surface area contributed by atoms with E-state index in [9.17, 15) is 14.7 Å². The number of hydrogen-bond donors (Lipinski definition) is 1. The second-order valence-corrected chi connectivity index (χ2v) is 11.8. The summed E-state index contributed by atoms with van der Waals surface area (Å²) in [5.74, 6) is 0.272. The number of carboxylic acid groups (broad SMARTS) is 1. The Labute approximate surface area is 261 Å². The minimum atomic E-state index is -0.971. The summed E-state index contributed by atoms with van der Waals surface area (Å²) in [6.45, 7) is 7.77. The summed E-state index contributed by atoms with van der Waals surface area (Å²) < 4.78 is 11.7. The summed E-state index contributed by atoms with van der Waals surface area (Å²) in [5.41, 5.74) is 6.86. The number of aromatic nitrogens is 2. The highest BCUT2D eigenvalue weighted by Crippen LogP contribution is 2.40. The first kappa shape index (κ1) is 29.4. The topological polar surface area (TPSA) is 105 Å². The van der Waals surface area contributed by atoms with Crippen molar-refractivity contribution in [3.63, 3.8) is 0 Å². The maximum atomic E-state index is 13.3. The lowest BCUT2D eigenvalue weighted by Crippen LogP contribution is -2.39. The third-order valence-corrected chi connectivity index (χ3v) is 8.59. The average Bonchev–Trinajstić information content (AvgIpc) is 3.24. The number of hydrogen-bond acceptors (Lipinski definition) is 7. The van der Waals surface area contributed by atoms with Gasteiger partial charge in [-0.25, -0.2) is 19.6 Å². The van der Waals surface area contributed by atoms with Crippen LogP contribution in [0.1, 0.15) is 52.2 Å². The first-order chi connectivity index (χ1) is 21.1. The van der Waals surface area contributed by atoms with Gasteiger partial charge in [-0.15, -0.1) is 0 Å². The molecule has 10 heteroatoms. The summed E-state index contributed by atoms with van der Waals surface area (Å²) in [4.78, 5) is 38.3. The Morgan fingerprint density at radius 1 is 1.07 bits per heavy atom. The Balaban J connectivity index is 1.41. The van der Waals surface area contributed by atoms with Crippen molar-refractivity contribution < 1.29 is 24.2 Å². The molecule has 0 saturated carbocycles. The number of nitrogens with zero attached hydrogens (tertiary/aromatic N) is 4. The third-order valence-electron chi connectivity index (χ3n) is 8.37. The van der Waals surface area contributed by atoms with Gasteiger partial charge in [-0.3, -0.25) is 4.90 Å². The van der Waals surface area contributed by atoms with Crippen molar-refractivity contribution in [2.24, 2.45) is 0 Å². The molecule has 0 bridgehead atoms. The largest absolute Gasteiger partial charge is 0.496 e. The Hall–Kier alpha value is -4.63. The standard InChI is InChI=1S/C34H33ClN4O5/c1-19-12-24(15-25(35)13-19)31-21(3)39(34(42)44-31)18-29-28(17-36-33(37-29)38-10-5-11-38)27-16-22(7-9-30(27)43-4)26-8-6-23(32(40)41)14-20(26)2/h6-9,12-17,21,31H,5,10-11,18H2,1-4H3,(H,40,41)/t21-,31-/m0/s1. The Morgan fingerprint density at radius 3 is 2.52 bits per heavy atom. The summed E-state index contributed by atoms with van der Waals surface area (Å²) >= 11 is 6.34. The molecule has 0 unspecified atom stereocenters. The molecule has 2 saturated heterocycles. The predicted molar refractivity (Wildman–Crippen MR) is 168 cm³/mol. The first-order valence-electron chi connectivity index (χ1n) is 14.5. The van der Waals surface area contributed by atoms with Gasteiger partial charge >= 0.3 is 12.1 Å². The van der Waals surface area contributed by atoms with Crippen molar-refractivity contribution in [2.45, 2.75) is 45.9 Å². The van der Waals surface area contributed by atoms with Crippen LogP contribution in [0.15, 0.2) is 60.8 Å². The van der Waals surface area contributed by atoms with Crippen LogP contribution < -0.4 is 9.64 Å². The highest BCUT2D eigenvalue weighted by molar-refractivity contribution is 6.30. The molecule has 3 aromatic carbocycles. The van der Waals surface area contributed by atoms with E-state index < -0.39 is 18.2 Å². The molecule has 6 rings (SSSR count). The van der Waals surface area contributed by atoms with E-state index in [1.54, 1.807) is 30.3 Å². The lowest BCUT2D eigenvalue weighted by molar-refractivity contribution is 0.0696. The van der Waals surface area contributed by atoms with Crippen molar-refractivity contribution in [1.82, 2.24) is 14.9 Å². The maximum absolute atomic E-state index is 13.3. The fourth-order valence-corrected chi connectivity index (χ4v) is 6.18. The molecule has 1 amide bonds. The van der Waals surface area contributed by atoms with Gasteiger partial charge < -0.3 is 19.5 Å². The number of aryl methyl sites for hydroxylation is 2. The van der Waals surface area contributed by atoms with E-state index in [1.807, 2.05) is 63.2 Å². The molecule has 2 aliphatic rings. The number of halogens is 1. The number of anilines is 1. The normalized spacial score (nSPS) is 17.8. The van der Waals surface area contributed by atoms with Crippen LogP contribution in [0.4, 0.5) is 10.7 Å². The summed E-state index contributed by atoms with van der Waals surface area (Å²) in [6, 6.07) is 16.3. The molecule has 0 radical (unpaired) electrons. The van der Waals surface area contributed by atoms with Crippen molar-refractivity contribution in [1.29, 1.82) is 0 Å². The molecule has 9 nitrogen and oxygen atoms in total. The number of amides is 1. The van der Waals surface area contributed by atoms with Crippen molar-refractivity contribution in [3.8, 4) is 28.0 Å². The molecule has 3 heterocycles. The van der Waals surface area contributed by atoms with Gasteiger partial charge in [0, 0.05) is 35.4 Å². The molecule has 0 aliphatic carbocycles. The smallest absolute Gasteiger partial charge is 0.411 e. The van der Waals surface area contributed by atoms with E-state index in [0.29, 0.717) is 22.4 Å². The van der Waals surface area contributed by atoms with Gasteiger partial charge in [0.05, 0.1) is 31.0 Å². The maximum Gasteiger partial charge on any atom is 0.411 e. The minimum Gasteiger partial charge on any atom is -0.496 e. The van der Waals surface area contributed by atoms with Gasteiger partial charge in [0.1, 0.15) is 11.9 Å². The highest BCUT2D eigenvalue weighted by atomic mass is 35.5. The van der Waals surface area contributed by atoms with Gasteiger partial charge in [-0.2, -0.15) is 0 Å². The van der Waals surface area contributed by atoms with Crippen LogP contribution in [0.3, 0.4) is 0 Å². The molecule has 1 aromatic heterocycles. The molecule has 2 aliphatic heterocycles. The Kier molecular flexibility index (Phi) is 7.90. The molecule has 0 spiro atoms. The summed E-state index contributed by atoms with van der Waals surface area (Å²) in [5, 5.41) is 10.0. The Bertz CT molecular complexity index is 1750. The Morgan fingerprint density at radius 2 is 1.86 bits per heavy atom. The molecule has 44 heavy (non-hydrogen) atoms. The SMILES string of the molecule is COc1ccc(-c2ccc(C(=O)O)cc2C)cc1-c1cnc(N2CCC2)nc1CN1C(=O)O[C@H](c2cc(C)cc(Cl)c2)[C@@H]1C. The lowest BCUT2D eigenvalue weighted by atomic mass is 9.94. The number of carbonyl (C=O) groups excluding carboxylic acids is 1. The van der Waals surface area contributed by atoms with Gasteiger partial charge in [-0.05, 0) is 91.4 Å². The van der Waals surface area contributed by atoms with Crippen molar-refractivity contribution in [3.05, 3.63) is 93.8 Å². The number of carbonyl (C=O) groups is 2. The number of methoxy groups -OCH3 is 1. The van der Waals surface area contributed by atoms with E-state index in [0.717, 1.165) is 58.5 Å². The van der Waals surface area contributed by atoms with E-state index in [1.165, 1.54) is 0 Å². The molecular formula is C34H33ClN4O5. The second kappa shape index (κ2) is 11.8. The van der Waals surface area contributed by atoms with Crippen molar-refractivity contribution >= 4 is 29.6 Å². The zero-order valence-electron chi connectivity index (χ0n) is 25.0. The molecule has 2 atom stereocenters. The molecular weight excluding hydrogens is 580 g/mol. The lowest BCUT2D eigenvalue weighted by Gasteiger charge is -2.31. The fourth-order valence-electron chi connectivity index (χ4n) is 5.88. The average molecular weight is 613 g/mol. The van der Waals surface area contributed by atoms with Gasteiger partial charge in [0.25, 0.3) is 0 Å². The van der Waals surface area contributed by atoms with Gasteiger partial charge in [0.15, 0.2) is 0 Å². The van der Waals surface area contributed by atoms with Crippen LogP contribution in [0.5, 0.6) is 5.75 Å². The highest BCUT2D eigenvalue weighted by Gasteiger charge is 2.40. The first-order valence-corrected chi connectivity index (χ1v) is 14.9. The quantitative estimate of drug-likeness (QED) is 0.225. The van der Waals surface area contributed by atoms with E-state index >= 15 is 0 Å². The predicted octanol–water partition coefficient (Wildman–Crippen LogP) is 7.08. The van der Waals surface area contributed by atoms with Gasteiger partial charge in [0.2, 0.25) is 5.95 Å². The molecule has 2 fully saturated rings. The van der Waals surface area contributed by atoms with Crippen LogP contribution in [-0.2, 0) is 11.3 Å². The number of cyclic esters (lactones) is 1. The number of carboxylic acids is 1. The van der Waals surface area contributed by atoms with Crippen LogP contribution >= 0.6 is 11.6 Å². The number of benzene rings is 3. The second-order valence-electron chi connectivity index (χ2n) is 11.4. The van der Waals surface area contributed by atoms with Gasteiger partial charge in [-0.1, -0.05) is 29.8 Å². The van der Waals surface area contributed by atoms with E-state index in [2.05, 4.69) is 4.90 Å². The fraction of sp³-hybridized carbons (Fsp3) is 0.294. The molecule has 4 aromatic rings. The zero-order chi connectivity index (χ0) is 31.1. The summed E-state index contributed by atoms with van der Waals surface area (Å²) in [6.07, 6.45) is 1.97. The minimum absolute atomic E-state index is 0.203. The van der Waals surface area contributed by atoms with Crippen LogP contribution in [0.2, 0.25) is 5.02 Å². The molecule has 1 N–H and O–H groups in total. The van der Waals surface area contributed by atoms with Crippen molar-refractivity contribution in [2.75, 3.05) is 25.1 Å². The van der Waals surface area contributed by atoms with Crippen LogP contribution in [-0.4, -0.2) is 58.3 Å². The number of aromatic carboxylic acids is 1. The summed E-state index contributed by atoms with van der Waals surface area (Å²) in [7, 11) is 1.61.